The summed E-state index contributed by atoms with van der Waals surface area (Å²) in [6.45, 7) is 0.652. The minimum absolute atomic E-state index is 0.652. The van der Waals surface area contributed by atoms with Gasteiger partial charge in [0, 0.05) is 12.8 Å². The molecular formula is C12H16N4OS. The number of hydrogen-bond acceptors (Lipinski definition) is 5. The molecule has 0 aliphatic heterocycles. The smallest absolute Gasteiger partial charge is 0.190 e. The van der Waals surface area contributed by atoms with Crippen LogP contribution in [-0.2, 0) is 7.05 Å². The lowest BCUT2D eigenvalue weighted by molar-refractivity contribution is 0.320. The minimum atomic E-state index is 0.652. The van der Waals surface area contributed by atoms with E-state index in [9.17, 15) is 0 Å². The highest BCUT2D eigenvalue weighted by Crippen LogP contribution is 2.20. The van der Waals surface area contributed by atoms with E-state index in [4.69, 9.17) is 10.5 Å². The topological polar surface area (TPSA) is 66.0 Å². The summed E-state index contributed by atoms with van der Waals surface area (Å²) in [6, 6.07) is 7.53. The molecule has 1 aromatic heterocycles. The Morgan fingerprint density at radius 3 is 2.94 bits per heavy atom. The van der Waals surface area contributed by atoms with Crippen molar-refractivity contribution in [2.45, 2.75) is 11.6 Å². The van der Waals surface area contributed by atoms with Crippen LogP contribution in [0.25, 0.3) is 0 Å². The fourth-order valence-electron chi connectivity index (χ4n) is 1.42. The van der Waals surface area contributed by atoms with Crippen molar-refractivity contribution in [3.8, 4) is 5.75 Å². The van der Waals surface area contributed by atoms with E-state index in [1.807, 2.05) is 35.9 Å². The maximum Gasteiger partial charge on any atom is 0.190 e. The van der Waals surface area contributed by atoms with Gasteiger partial charge in [-0.15, -0.1) is 10.2 Å². The second-order valence-corrected chi connectivity index (χ2v) is 4.87. The first-order valence-corrected chi connectivity index (χ1v) is 6.70. The molecule has 0 unspecified atom stereocenters. The maximum absolute atomic E-state index is 5.78. The van der Waals surface area contributed by atoms with Crippen molar-refractivity contribution in [2.24, 2.45) is 7.05 Å². The van der Waals surface area contributed by atoms with Crippen molar-refractivity contribution in [3.63, 3.8) is 0 Å². The van der Waals surface area contributed by atoms with Crippen LogP contribution in [0.3, 0.4) is 0 Å². The number of para-hydroxylation sites is 2. The fraction of sp³-hybridized carbons (Fsp3) is 0.333. The van der Waals surface area contributed by atoms with Crippen molar-refractivity contribution >= 4 is 17.4 Å². The molecule has 0 fully saturated rings. The molecule has 0 saturated carbocycles. The molecule has 2 rings (SSSR count). The third-order valence-corrected chi connectivity index (χ3v) is 3.49. The second-order valence-electron chi connectivity index (χ2n) is 3.81. The van der Waals surface area contributed by atoms with Crippen LogP contribution in [-0.4, -0.2) is 27.1 Å². The molecule has 1 aromatic carbocycles. The SMILES string of the molecule is Cn1cnnc1SCCCOc1ccccc1N. The van der Waals surface area contributed by atoms with Crippen LogP contribution in [0.1, 0.15) is 6.42 Å². The zero-order valence-electron chi connectivity index (χ0n) is 10.2. The van der Waals surface area contributed by atoms with Crippen LogP contribution >= 0.6 is 11.8 Å². The molecule has 96 valence electrons. The van der Waals surface area contributed by atoms with Gasteiger partial charge in [-0.05, 0) is 18.6 Å². The summed E-state index contributed by atoms with van der Waals surface area (Å²) in [5.74, 6) is 1.69. The van der Waals surface area contributed by atoms with E-state index in [-0.39, 0.29) is 0 Å². The lowest BCUT2D eigenvalue weighted by Gasteiger charge is -2.07. The quantitative estimate of drug-likeness (QED) is 0.491. The molecule has 6 heteroatoms. The number of benzene rings is 1. The van der Waals surface area contributed by atoms with Gasteiger partial charge in [0.25, 0.3) is 0 Å². The molecular weight excluding hydrogens is 248 g/mol. The monoisotopic (exact) mass is 264 g/mol. The number of thioether (sulfide) groups is 1. The highest BCUT2D eigenvalue weighted by molar-refractivity contribution is 7.99. The third-order valence-electron chi connectivity index (χ3n) is 2.37. The van der Waals surface area contributed by atoms with Crippen molar-refractivity contribution in [1.29, 1.82) is 0 Å². The normalized spacial score (nSPS) is 10.5. The Balaban J connectivity index is 1.68. The molecule has 0 radical (unpaired) electrons. The Morgan fingerprint density at radius 2 is 2.22 bits per heavy atom. The summed E-state index contributed by atoms with van der Waals surface area (Å²) in [6.07, 6.45) is 2.63. The van der Waals surface area contributed by atoms with Crippen molar-refractivity contribution in [3.05, 3.63) is 30.6 Å². The van der Waals surface area contributed by atoms with Gasteiger partial charge < -0.3 is 15.0 Å². The number of rotatable bonds is 6. The van der Waals surface area contributed by atoms with Crippen LogP contribution in [0.5, 0.6) is 5.75 Å². The first-order valence-electron chi connectivity index (χ1n) is 5.71. The van der Waals surface area contributed by atoms with Gasteiger partial charge in [0.15, 0.2) is 5.16 Å². The Labute approximate surface area is 110 Å². The molecule has 0 amide bonds. The van der Waals surface area contributed by atoms with Crippen LogP contribution in [0, 0.1) is 0 Å². The summed E-state index contributed by atoms with van der Waals surface area (Å²) >= 11 is 1.67. The highest BCUT2D eigenvalue weighted by Gasteiger charge is 2.01. The summed E-state index contributed by atoms with van der Waals surface area (Å²) in [5.41, 5.74) is 6.46. The molecule has 0 spiro atoms. The van der Waals surface area contributed by atoms with Gasteiger partial charge in [-0.25, -0.2) is 0 Å². The second kappa shape index (κ2) is 6.30. The van der Waals surface area contributed by atoms with E-state index in [1.165, 1.54) is 0 Å². The van der Waals surface area contributed by atoms with Crippen molar-refractivity contribution < 1.29 is 4.74 Å². The number of nitrogens with two attached hydrogens (primary N) is 1. The summed E-state index contributed by atoms with van der Waals surface area (Å²) in [4.78, 5) is 0. The van der Waals surface area contributed by atoms with Gasteiger partial charge in [-0.1, -0.05) is 23.9 Å². The Morgan fingerprint density at radius 1 is 1.39 bits per heavy atom. The molecule has 2 aromatic rings. The molecule has 2 N–H and O–H groups in total. The van der Waals surface area contributed by atoms with E-state index in [0.29, 0.717) is 12.3 Å². The standard InChI is InChI=1S/C12H16N4OS/c1-16-9-14-15-12(16)18-8-4-7-17-11-6-3-2-5-10(11)13/h2-3,5-6,9H,4,7-8,13H2,1H3. The van der Waals surface area contributed by atoms with Crippen LogP contribution in [0.15, 0.2) is 35.7 Å². The lowest BCUT2D eigenvalue weighted by atomic mass is 10.3. The lowest BCUT2D eigenvalue weighted by Crippen LogP contribution is -2.01. The average molecular weight is 264 g/mol. The summed E-state index contributed by atoms with van der Waals surface area (Å²) in [5, 5.41) is 8.75. The van der Waals surface area contributed by atoms with E-state index in [2.05, 4.69) is 10.2 Å². The van der Waals surface area contributed by atoms with Gasteiger partial charge in [0.2, 0.25) is 0 Å². The van der Waals surface area contributed by atoms with Crippen molar-refractivity contribution in [1.82, 2.24) is 14.8 Å². The van der Waals surface area contributed by atoms with Crippen LogP contribution < -0.4 is 10.5 Å². The third kappa shape index (κ3) is 3.40. The average Bonchev–Trinajstić information content (AvgIpc) is 2.77. The van der Waals surface area contributed by atoms with Gasteiger partial charge in [0.1, 0.15) is 12.1 Å². The Kier molecular flexibility index (Phi) is 4.46. The number of anilines is 1. The van der Waals surface area contributed by atoms with Gasteiger partial charge >= 0.3 is 0 Å². The van der Waals surface area contributed by atoms with E-state index >= 15 is 0 Å². The number of nitrogens with zero attached hydrogens (tertiary/aromatic N) is 3. The Hall–Kier alpha value is -1.69. The number of nitrogen functional groups attached to an aromatic ring is 1. The Bertz CT molecular complexity index is 500. The predicted octanol–water partition coefficient (Wildman–Crippen LogP) is 1.96. The molecule has 5 nitrogen and oxygen atoms in total. The van der Waals surface area contributed by atoms with Crippen LogP contribution in [0.4, 0.5) is 5.69 Å². The first kappa shape index (κ1) is 12.8. The number of hydrogen-bond donors (Lipinski definition) is 1. The highest BCUT2D eigenvalue weighted by atomic mass is 32.2. The zero-order valence-corrected chi connectivity index (χ0v) is 11.1. The fourth-order valence-corrected chi connectivity index (χ4v) is 2.22. The molecule has 1 heterocycles. The summed E-state index contributed by atoms with van der Waals surface area (Å²) in [7, 11) is 1.93. The van der Waals surface area contributed by atoms with E-state index in [0.717, 1.165) is 23.1 Å². The van der Waals surface area contributed by atoms with Gasteiger partial charge in [-0.2, -0.15) is 0 Å². The minimum Gasteiger partial charge on any atom is -0.491 e. The molecule has 18 heavy (non-hydrogen) atoms. The predicted molar refractivity (Wildman–Crippen MR) is 72.7 cm³/mol. The molecule has 0 saturated heterocycles. The van der Waals surface area contributed by atoms with Gasteiger partial charge in [-0.3, -0.25) is 0 Å². The first-order chi connectivity index (χ1) is 8.77. The molecule has 0 aliphatic carbocycles. The largest absolute Gasteiger partial charge is 0.491 e. The molecule has 0 bridgehead atoms. The number of aromatic nitrogens is 3. The zero-order chi connectivity index (χ0) is 12.8. The van der Waals surface area contributed by atoms with E-state index in [1.54, 1.807) is 18.1 Å². The number of aryl methyl sites for hydroxylation is 1. The maximum atomic E-state index is 5.78. The van der Waals surface area contributed by atoms with Crippen LogP contribution in [0.2, 0.25) is 0 Å². The van der Waals surface area contributed by atoms with Crippen molar-refractivity contribution in [2.75, 3.05) is 18.1 Å². The summed E-state index contributed by atoms with van der Waals surface area (Å²) < 4.78 is 7.51. The molecule has 0 aliphatic rings. The molecule has 0 atom stereocenters. The van der Waals surface area contributed by atoms with E-state index < -0.39 is 0 Å². The number of ether oxygens (including phenoxy) is 1. The van der Waals surface area contributed by atoms with Gasteiger partial charge in [0.05, 0.1) is 12.3 Å².